The Labute approximate surface area is 112 Å². The van der Waals surface area contributed by atoms with Gasteiger partial charge in [-0.2, -0.15) is 5.26 Å². The Hall–Kier alpha value is -1.35. The summed E-state index contributed by atoms with van der Waals surface area (Å²) in [4.78, 5) is 19.5. The van der Waals surface area contributed by atoms with Crippen LogP contribution in [-0.2, 0) is 9.59 Å². The van der Waals surface area contributed by atoms with Crippen molar-refractivity contribution >= 4 is 11.9 Å². The van der Waals surface area contributed by atoms with Crippen LogP contribution in [0.25, 0.3) is 0 Å². The molecule has 0 spiro atoms. The largest absolute Gasteiger partial charge is 1.00 e. The van der Waals surface area contributed by atoms with E-state index in [-0.39, 0.29) is 36.9 Å². The molecule has 76 valence electrons. The second kappa shape index (κ2) is 15.1. The first kappa shape index (κ1) is 19.3. The van der Waals surface area contributed by atoms with E-state index < -0.39 is 5.97 Å². The third-order valence-electron chi connectivity index (χ3n) is 0.743. The first-order valence-corrected chi connectivity index (χ1v) is 3.41. The van der Waals surface area contributed by atoms with Gasteiger partial charge in [0.25, 0.3) is 0 Å². The topological polar surface area (TPSA) is 90.2 Å². The summed E-state index contributed by atoms with van der Waals surface area (Å²) in [5.74, 6) is -1.30. The monoisotopic (exact) mass is 218 g/mol. The Morgan fingerprint density at radius 3 is 2.13 bits per heavy atom. The van der Waals surface area contributed by atoms with Gasteiger partial charge in [0.15, 0.2) is 0 Å². The Kier molecular flexibility index (Phi) is 19.4. The van der Waals surface area contributed by atoms with Crippen molar-refractivity contribution < 1.29 is 45.7 Å². The molecular formula is C9H11N2NaO3. The first-order chi connectivity index (χ1) is 6.58. The molecule has 0 atom stereocenters. The molecule has 0 bridgehead atoms. The molecule has 0 aromatic rings. The van der Waals surface area contributed by atoms with Crippen LogP contribution < -0.4 is 34.9 Å². The number of aliphatic carboxylic acids is 1. The molecule has 0 fully saturated rings. The average Bonchev–Trinajstić information content (AvgIpc) is 2.19. The molecule has 0 saturated heterocycles. The van der Waals surface area contributed by atoms with E-state index in [0.717, 1.165) is 12.2 Å². The molecule has 2 N–H and O–H groups in total. The predicted molar refractivity (Wildman–Crippen MR) is 52.0 cm³/mol. The van der Waals surface area contributed by atoms with Gasteiger partial charge in [-0.1, -0.05) is 13.2 Å². The zero-order valence-electron chi connectivity index (χ0n) is 9.43. The second-order valence-corrected chi connectivity index (χ2v) is 1.72. The van der Waals surface area contributed by atoms with Crippen LogP contribution in [0.3, 0.4) is 0 Å². The molecule has 0 aliphatic heterocycles. The third kappa shape index (κ3) is 24.5. The minimum Gasteiger partial charge on any atom is -1.00 e. The number of carbonyl (C=O) groups is 2. The minimum atomic E-state index is -0.981. The number of hydrogen-bond donors (Lipinski definition) is 2. The van der Waals surface area contributed by atoms with Gasteiger partial charge in [-0.15, -0.1) is 0 Å². The van der Waals surface area contributed by atoms with Gasteiger partial charge in [0, 0.05) is 18.4 Å². The molecule has 0 unspecified atom stereocenters. The van der Waals surface area contributed by atoms with Crippen LogP contribution >= 0.6 is 0 Å². The maximum atomic E-state index is 10.3. The molecule has 6 heteroatoms. The van der Waals surface area contributed by atoms with Gasteiger partial charge >= 0.3 is 35.5 Å². The van der Waals surface area contributed by atoms with Crippen LogP contribution in [0.5, 0.6) is 0 Å². The summed E-state index contributed by atoms with van der Waals surface area (Å²) >= 11 is 0. The van der Waals surface area contributed by atoms with E-state index >= 15 is 0 Å². The summed E-state index contributed by atoms with van der Waals surface area (Å²) in [6, 6.07) is 1.72. The fraction of sp³-hybridized carbons (Fsp3) is 0. The number of hydrogen-bond acceptors (Lipinski definition) is 3. The van der Waals surface area contributed by atoms with Gasteiger partial charge in [-0.05, 0) is 6.08 Å². The van der Waals surface area contributed by atoms with Gasteiger partial charge < -0.3 is 11.8 Å². The summed E-state index contributed by atoms with van der Waals surface area (Å²) in [7, 11) is 0. The quantitative estimate of drug-likeness (QED) is 0.316. The molecule has 0 aliphatic carbocycles. The Bertz CT molecular complexity index is 298. The summed E-state index contributed by atoms with van der Waals surface area (Å²) in [6.45, 7) is 6.17. The van der Waals surface area contributed by atoms with E-state index in [0.29, 0.717) is 0 Å². The normalized spacial score (nSPS) is 7.13. The van der Waals surface area contributed by atoms with Crippen LogP contribution in [0, 0.1) is 11.3 Å². The van der Waals surface area contributed by atoms with Crippen molar-refractivity contribution in [2.24, 2.45) is 0 Å². The number of nitriles is 1. The number of nitrogens with zero attached hydrogens (tertiary/aromatic N) is 1. The SMILES string of the molecule is C=CC(=O)NC=CC#N.C=CC(=O)O.[H-].[Na+]. The van der Waals surface area contributed by atoms with Crippen LogP contribution in [0.1, 0.15) is 1.43 Å². The van der Waals surface area contributed by atoms with Crippen molar-refractivity contribution in [3.05, 3.63) is 37.6 Å². The molecule has 0 aromatic heterocycles. The summed E-state index contributed by atoms with van der Waals surface area (Å²) in [5.41, 5.74) is 0. The maximum absolute atomic E-state index is 10.3. The van der Waals surface area contributed by atoms with E-state index in [1.54, 1.807) is 6.07 Å². The van der Waals surface area contributed by atoms with Gasteiger partial charge in [0.1, 0.15) is 0 Å². The van der Waals surface area contributed by atoms with Crippen molar-refractivity contribution in [2.75, 3.05) is 0 Å². The molecule has 0 radical (unpaired) electrons. The van der Waals surface area contributed by atoms with E-state index in [4.69, 9.17) is 10.4 Å². The molecule has 0 rings (SSSR count). The number of amides is 1. The van der Waals surface area contributed by atoms with Crippen molar-refractivity contribution in [3.63, 3.8) is 0 Å². The van der Waals surface area contributed by atoms with Gasteiger partial charge in [0.2, 0.25) is 5.91 Å². The van der Waals surface area contributed by atoms with Crippen molar-refractivity contribution in [1.29, 1.82) is 5.26 Å². The molecule has 15 heavy (non-hydrogen) atoms. The van der Waals surface area contributed by atoms with E-state index in [1.807, 2.05) is 0 Å². The fourth-order valence-corrected chi connectivity index (χ4v) is 0.220. The molecule has 0 saturated carbocycles. The smallest absolute Gasteiger partial charge is 1.00 e. The number of carboxylic acids is 1. The van der Waals surface area contributed by atoms with Gasteiger partial charge in [-0.3, -0.25) is 4.79 Å². The summed E-state index contributed by atoms with van der Waals surface area (Å²) in [6.07, 6.45) is 4.38. The van der Waals surface area contributed by atoms with Crippen molar-refractivity contribution in [1.82, 2.24) is 5.32 Å². The van der Waals surface area contributed by atoms with Gasteiger partial charge in [-0.25, -0.2) is 4.79 Å². The summed E-state index contributed by atoms with van der Waals surface area (Å²) < 4.78 is 0. The molecular weight excluding hydrogens is 207 g/mol. The number of rotatable bonds is 3. The van der Waals surface area contributed by atoms with E-state index in [2.05, 4.69) is 18.5 Å². The molecule has 5 nitrogen and oxygen atoms in total. The summed E-state index contributed by atoms with van der Waals surface area (Å²) in [5, 5.41) is 17.8. The van der Waals surface area contributed by atoms with E-state index in [1.165, 1.54) is 12.3 Å². The predicted octanol–water partition coefficient (Wildman–Crippen LogP) is -2.30. The van der Waals surface area contributed by atoms with Gasteiger partial charge in [0.05, 0.1) is 6.07 Å². The third-order valence-corrected chi connectivity index (χ3v) is 0.743. The minimum absolute atomic E-state index is 0. The average molecular weight is 218 g/mol. The fourth-order valence-electron chi connectivity index (χ4n) is 0.220. The number of allylic oxidation sites excluding steroid dienone is 1. The molecule has 0 aliphatic rings. The maximum Gasteiger partial charge on any atom is 1.00 e. The Balaban J connectivity index is -0.0000000904. The zero-order chi connectivity index (χ0) is 11.4. The Morgan fingerprint density at radius 2 is 1.87 bits per heavy atom. The van der Waals surface area contributed by atoms with E-state index in [9.17, 15) is 9.59 Å². The zero-order valence-corrected chi connectivity index (χ0v) is 10.4. The van der Waals surface area contributed by atoms with Crippen LogP contribution in [0.4, 0.5) is 0 Å². The van der Waals surface area contributed by atoms with Crippen LogP contribution in [-0.4, -0.2) is 17.0 Å². The number of nitrogens with one attached hydrogen (secondary N) is 1. The van der Waals surface area contributed by atoms with Crippen molar-refractivity contribution in [2.45, 2.75) is 0 Å². The number of carbonyl (C=O) groups excluding carboxylic acids is 1. The van der Waals surface area contributed by atoms with Crippen LogP contribution in [0.15, 0.2) is 37.6 Å². The number of carboxylic acid groups (broad SMARTS) is 1. The second-order valence-electron chi connectivity index (χ2n) is 1.72. The standard InChI is InChI=1S/C6H6N2O.C3H4O2.Na.H/c1-2-6(9)8-5-3-4-7;1-2-3(4)5;;/h2-3,5H,1H2,(H,8,9);2H,1H2,(H,4,5);;/q;;+1;-1. The van der Waals surface area contributed by atoms with Crippen LogP contribution in [0.2, 0.25) is 0 Å². The molecule has 1 amide bonds. The molecule has 0 aromatic carbocycles. The Morgan fingerprint density at radius 1 is 1.40 bits per heavy atom. The van der Waals surface area contributed by atoms with Crippen molar-refractivity contribution in [3.8, 4) is 6.07 Å². The first-order valence-electron chi connectivity index (χ1n) is 3.41. The molecule has 0 heterocycles.